The Labute approximate surface area is 199 Å². The van der Waals surface area contributed by atoms with Gasteiger partial charge < -0.3 is 10.6 Å². The van der Waals surface area contributed by atoms with Crippen molar-refractivity contribution in [2.45, 2.75) is 24.2 Å². The normalized spacial score (nSPS) is 11.7. The molecule has 6 nitrogen and oxygen atoms in total. The summed E-state index contributed by atoms with van der Waals surface area (Å²) in [6.45, 7) is 1.42. The number of hydrogen-bond donors (Lipinski definition) is 3. The number of nitrogens with one attached hydrogen (secondary N) is 2. The van der Waals surface area contributed by atoms with Gasteiger partial charge in [-0.15, -0.1) is 24.0 Å². The van der Waals surface area contributed by atoms with Crippen LogP contribution in [-0.2, 0) is 22.9 Å². The van der Waals surface area contributed by atoms with Crippen LogP contribution in [0.3, 0.4) is 0 Å². The number of sulfonamides is 1. The van der Waals surface area contributed by atoms with Crippen LogP contribution in [0.4, 0.5) is 0 Å². The number of aryl methyl sites for hydroxylation is 1. The number of guanidine groups is 1. The lowest BCUT2D eigenvalue weighted by atomic mass is 10.1. The van der Waals surface area contributed by atoms with E-state index in [2.05, 4.69) is 15.6 Å². The van der Waals surface area contributed by atoms with Crippen molar-refractivity contribution < 1.29 is 8.42 Å². The van der Waals surface area contributed by atoms with E-state index in [-0.39, 0.29) is 28.9 Å². The lowest BCUT2D eigenvalue weighted by molar-refractivity contribution is 0.598. The minimum Gasteiger partial charge on any atom is -0.356 e. The fraction of sp³-hybridized carbons (Fsp3) is 0.316. The Morgan fingerprint density at radius 2 is 1.69 bits per heavy atom. The summed E-state index contributed by atoms with van der Waals surface area (Å²) in [5.74, 6) is 0.711. The smallest absolute Gasteiger partial charge is 0.238 e. The molecule has 2 aromatic rings. The number of primary sulfonamides is 1. The molecular weight excluding hydrogens is 546 g/mol. The average Bonchev–Trinajstić information content (AvgIpc) is 2.64. The molecule has 4 N–H and O–H groups in total. The first-order valence-electron chi connectivity index (χ1n) is 8.80. The quantitative estimate of drug-likeness (QED) is 0.195. The van der Waals surface area contributed by atoms with E-state index in [9.17, 15) is 8.42 Å². The van der Waals surface area contributed by atoms with Crippen molar-refractivity contribution in [3.05, 3.63) is 63.6 Å². The molecule has 0 atom stereocenters. The van der Waals surface area contributed by atoms with Crippen molar-refractivity contribution >= 4 is 63.2 Å². The minimum atomic E-state index is -3.65. The number of nitrogens with zero attached hydrogens (tertiary/aromatic N) is 1. The zero-order chi connectivity index (χ0) is 20.6. The summed E-state index contributed by atoms with van der Waals surface area (Å²) in [6.07, 6.45) is 2.47. The number of aliphatic imine (C=N–C) groups is 1. The van der Waals surface area contributed by atoms with E-state index in [1.165, 1.54) is 12.1 Å². The third-order valence-electron chi connectivity index (χ3n) is 4.11. The molecule has 0 bridgehead atoms. The van der Waals surface area contributed by atoms with Crippen molar-refractivity contribution in [1.82, 2.24) is 10.6 Å². The molecule has 0 unspecified atom stereocenters. The fourth-order valence-electron chi connectivity index (χ4n) is 2.60. The van der Waals surface area contributed by atoms with Crippen molar-refractivity contribution in [3.8, 4) is 0 Å². The van der Waals surface area contributed by atoms with Gasteiger partial charge in [-0.1, -0.05) is 41.4 Å². The molecular formula is C19H25Cl2IN4O2S. The van der Waals surface area contributed by atoms with Crippen LogP contribution in [0.25, 0.3) is 0 Å². The molecule has 0 fully saturated rings. The van der Waals surface area contributed by atoms with Gasteiger partial charge in [0.1, 0.15) is 0 Å². The fourth-order valence-corrected chi connectivity index (χ4v) is 3.62. The highest BCUT2D eigenvalue weighted by atomic mass is 127. The van der Waals surface area contributed by atoms with Crippen molar-refractivity contribution in [1.29, 1.82) is 0 Å². The van der Waals surface area contributed by atoms with Gasteiger partial charge in [-0.05, 0) is 54.7 Å². The Kier molecular flexibility index (Phi) is 11.3. The molecule has 10 heteroatoms. The lowest BCUT2D eigenvalue weighted by Crippen LogP contribution is -2.38. The monoisotopic (exact) mass is 570 g/mol. The molecule has 0 amide bonds. The van der Waals surface area contributed by atoms with Gasteiger partial charge in [-0.2, -0.15) is 0 Å². The molecule has 0 saturated heterocycles. The lowest BCUT2D eigenvalue weighted by Gasteiger charge is -2.12. The zero-order valence-electron chi connectivity index (χ0n) is 16.0. The summed E-state index contributed by atoms with van der Waals surface area (Å²) in [7, 11) is -1.94. The zero-order valence-corrected chi connectivity index (χ0v) is 20.6. The summed E-state index contributed by atoms with van der Waals surface area (Å²) in [5.41, 5.74) is 2.08. The van der Waals surface area contributed by atoms with Crippen LogP contribution < -0.4 is 15.8 Å². The van der Waals surface area contributed by atoms with E-state index in [0.717, 1.165) is 36.9 Å². The predicted octanol–water partition coefficient (Wildman–Crippen LogP) is 3.60. The van der Waals surface area contributed by atoms with Crippen LogP contribution >= 0.6 is 47.2 Å². The first kappa shape index (κ1) is 26.0. The standard InChI is InChI=1S/C19H24Cl2N4O2S.HI/c1-23-19(24-11-2-3-15-6-7-16(20)13-18(15)21)25-12-10-14-4-8-17(9-5-14)28(22,26)27;/h4-9,13H,2-3,10-12H2,1H3,(H2,22,26,27)(H2,23,24,25);1H. The van der Waals surface area contributed by atoms with Crippen LogP contribution in [0.1, 0.15) is 17.5 Å². The Bertz CT molecular complexity index is 922. The third kappa shape index (κ3) is 9.08. The topological polar surface area (TPSA) is 96.6 Å². The maximum Gasteiger partial charge on any atom is 0.238 e. The molecule has 160 valence electrons. The second-order valence-corrected chi connectivity index (χ2v) is 8.61. The van der Waals surface area contributed by atoms with Gasteiger partial charge in [0.25, 0.3) is 0 Å². The first-order valence-corrected chi connectivity index (χ1v) is 11.1. The van der Waals surface area contributed by atoms with Crippen molar-refractivity contribution in [3.63, 3.8) is 0 Å². The van der Waals surface area contributed by atoms with Gasteiger partial charge in [0.2, 0.25) is 10.0 Å². The van der Waals surface area contributed by atoms with Crippen LogP contribution in [-0.4, -0.2) is 34.5 Å². The van der Waals surface area contributed by atoms with Crippen LogP contribution in [0, 0.1) is 0 Å². The van der Waals surface area contributed by atoms with E-state index >= 15 is 0 Å². The number of halogens is 3. The molecule has 0 aliphatic heterocycles. The molecule has 2 rings (SSSR count). The highest BCUT2D eigenvalue weighted by Crippen LogP contribution is 2.21. The van der Waals surface area contributed by atoms with Crippen LogP contribution in [0.15, 0.2) is 52.4 Å². The van der Waals surface area contributed by atoms with E-state index in [1.54, 1.807) is 25.2 Å². The second kappa shape index (κ2) is 12.6. The number of rotatable bonds is 8. The molecule has 0 aromatic heterocycles. The Morgan fingerprint density at radius 3 is 2.28 bits per heavy atom. The molecule has 0 aliphatic rings. The highest BCUT2D eigenvalue weighted by molar-refractivity contribution is 14.0. The molecule has 29 heavy (non-hydrogen) atoms. The van der Waals surface area contributed by atoms with E-state index < -0.39 is 10.0 Å². The van der Waals surface area contributed by atoms with E-state index in [4.69, 9.17) is 28.3 Å². The van der Waals surface area contributed by atoms with Crippen molar-refractivity contribution in [2.24, 2.45) is 10.1 Å². The largest absolute Gasteiger partial charge is 0.356 e. The maximum atomic E-state index is 11.3. The summed E-state index contributed by atoms with van der Waals surface area (Å²) in [6, 6.07) is 12.1. The van der Waals surface area contributed by atoms with Gasteiger partial charge in [0, 0.05) is 30.2 Å². The molecule has 0 spiro atoms. The van der Waals surface area contributed by atoms with Gasteiger partial charge >= 0.3 is 0 Å². The van der Waals surface area contributed by atoms with Gasteiger partial charge in [0.05, 0.1) is 4.90 Å². The number of hydrogen-bond acceptors (Lipinski definition) is 3. The summed E-state index contributed by atoms with van der Waals surface area (Å²) in [4.78, 5) is 4.31. The SMILES string of the molecule is CN=C(NCCCc1ccc(Cl)cc1Cl)NCCc1ccc(S(N)(=O)=O)cc1.I. The Hall–Kier alpha value is -1.07. The minimum absolute atomic E-state index is 0. The maximum absolute atomic E-state index is 11.3. The summed E-state index contributed by atoms with van der Waals surface area (Å²) < 4.78 is 22.5. The van der Waals surface area contributed by atoms with Crippen LogP contribution in [0.5, 0.6) is 0 Å². The summed E-state index contributed by atoms with van der Waals surface area (Å²) >= 11 is 12.1. The molecule has 0 saturated carbocycles. The third-order valence-corrected chi connectivity index (χ3v) is 5.63. The molecule has 0 aliphatic carbocycles. The summed E-state index contributed by atoms with van der Waals surface area (Å²) in [5, 5.41) is 12.9. The second-order valence-electron chi connectivity index (χ2n) is 6.20. The average molecular weight is 571 g/mol. The molecule has 2 aromatic carbocycles. The highest BCUT2D eigenvalue weighted by Gasteiger charge is 2.07. The van der Waals surface area contributed by atoms with Crippen LogP contribution in [0.2, 0.25) is 10.0 Å². The molecule has 0 radical (unpaired) electrons. The van der Waals surface area contributed by atoms with Gasteiger partial charge in [-0.25, -0.2) is 13.6 Å². The van der Waals surface area contributed by atoms with E-state index in [0.29, 0.717) is 22.5 Å². The molecule has 0 heterocycles. The van der Waals surface area contributed by atoms with Crippen molar-refractivity contribution in [2.75, 3.05) is 20.1 Å². The van der Waals surface area contributed by atoms with Gasteiger partial charge in [-0.3, -0.25) is 4.99 Å². The number of nitrogens with two attached hydrogens (primary N) is 1. The predicted molar refractivity (Wildman–Crippen MR) is 131 cm³/mol. The number of benzene rings is 2. The Morgan fingerprint density at radius 1 is 1.03 bits per heavy atom. The first-order chi connectivity index (χ1) is 13.3. The van der Waals surface area contributed by atoms with Gasteiger partial charge in [0.15, 0.2) is 5.96 Å². The Balaban J connectivity index is 0.00000420. The van der Waals surface area contributed by atoms with E-state index in [1.807, 2.05) is 12.1 Å².